The fourth-order valence-corrected chi connectivity index (χ4v) is 10.2. The molecule has 0 aromatic carbocycles. The molecule has 1 amide bonds. The van der Waals surface area contributed by atoms with E-state index in [1.165, 1.54) is 225 Å². The molecule has 0 saturated carbocycles. The Morgan fingerprint density at radius 2 is 0.766 bits per heavy atom. The summed E-state index contributed by atoms with van der Waals surface area (Å²) in [5.41, 5.74) is 0. The van der Waals surface area contributed by atoms with E-state index in [-0.39, 0.29) is 12.5 Å². The van der Waals surface area contributed by atoms with Crippen LogP contribution >= 0.6 is 7.82 Å². The van der Waals surface area contributed by atoms with E-state index in [2.05, 4.69) is 79.9 Å². The van der Waals surface area contributed by atoms with Gasteiger partial charge in [-0.15, -0.1) is 0 Å². The van der Waals surface area contributed by atoms with Crippen molar-refractivity contribution in [1.29, 1.82) is 0 Å². The number of likely N-dealkylation sites (N-methyl/N-ethyl adjacent to an activating group) is 1. The monoisotopic (exact) mass is 1100 g/mol. The first-order valence-electron chi connectivity index (χ1n) is 32.8. The lowest BCUT2D eigenvalue weighted by Crippen LogP contribution is -2.45. The van der Waals surface area contributed by atoms with Crippen molar-refractivity contribution < 1.29 is 32.9 Å². The number of phosphoric ester groups is 1. The summed E-state index contributed by atoms with van der Waals surface area (Å²) in [6.45, 7) is 4.63. The largest absolute Gasteiger partial charge is 0.756 e. The zero-order chi connectivity index (χ0) is 56.3. The van der Waals surface area contributed by atoms with Crippen molar-refractivity contribution in [1.82, 2.24) is 5.32 Å². The quantitative estimate of drug-likeness (QED) is 0.0272. The third kappa shape index (κ3) is 61.4. The van der Waals surface area contributed by atoms with E-state index < -0.39 is 26.6 Å². The van der Waals surface area contributed by atoms with Crippen LogP contribution in [0.25, 0.3) is 0 Å². The van der Waals surface area contributed by atoms with E-state index >= 15 is 0 Å². The van der Waals surface area contributed by atoms with Crippen LogP contribution in [0, 0.1) is 0 Å². The van der Waals surface area contributed by atoms with Crippen LogP contribution in [0.1, 0.15) is 303 Å². The molecule has 2 N–H and O–H groups in total. The Morgan fingerprint density at radius 3 is 1.14 bits per heavy atom. The average Bonchev–Trinajstić information content (AvgIpc) is 3.39. The molecule has 8 nitrogen and oxygen atoms in total. The summed E-state index contributed by atoms with van der Waals surface area (Å²) in [7, 11) is 1.24. The summed E-state index contributed by atoms with van der Waals surface area (Å²) in [6.07, 6.45) is 81.6. The summed E-state index contributed by atoms with van der Waals surface area (Å²) in [5, 5.41) is 13.9. The second-order valence-electron chi connectivity index (χ2n) is 23.4. The number of amides is 1. The molecular formula is C68H127N2O6P. The third-order valence-electron chi connectivity index (χ3n) is 14.6. The molecule has 3 unspecified atom stereocenters. The van der Waals surface area contributed by atoms with Crippen LogP contribution in [0.3, 0.4) is 0 Å². The van der Waals surface area contributed by atoms with E-state index in [4.69, 9.17) is 9.05 Å². The van der Waals surface area contributed by atoms with Gasteiger partial charge >= 0.3 is 0 Å². The Hall–Kier alpha value is -2.06. The van der Waals surface area contributed by atoms with Gasteiger partial charge in [0.15, 0.2) is 0 Å². The smallest absolute Gasteiger partial charge is 0.268 e. The highest BCUT2D eigenvalue weighted by molar-refractivity contribution is 7.45. The first-order valence-corrected chi connectivity index (χ1v) is 34.3. The molecule has 0 aliphatic carbocycles. The van der Waals surface area contributed by atoms with Crippen LogP contribution in [0.5, 0.6) is 0 Å². The predicted molar refractivity (Wildman–Crippen MR) is 334 cm³/mol. The molecule has 0 radical (unpaired) electrons. The van der Waals surface area contributed by atoms with Crippen LogP contribution in [-0.4, -0.2) is 68.5 Å². The van der Waals surface area contributed by atoms with Gasteiger partial charge in [0.2, 0.25) is 5.91 Å². The minimum atomic E-state index is -4.61. The van der Waals surface area contributed by atoms with Gasteiger partial charge in [-0.25, -0.2) is 0 Å². The molecule has 9 heteroatoms. The SMILES string of the molecule is CCCCCCC/C=C\C/C=C\C/C=C\CCCCCCCCCCCCCCCCCCCCCCCCC(=O)NC(COP(=O)([O-])OCC[N+](C)(C)C)C(O)/C=C/CC/C=C/CC/C=C/CCCCCCCCCC. The molecule has 450 valence electrons. The molecule has 0 fully saturated rings. The van der Waals surface area contributed by atoms with Crippen molar-refractivity contribution in [2.75, 3.05) is 40.9 Å². The molecule has 0 heterocycles. The lowest BCUT2D eigenvalue weighted by molar-refractivity contribution is -0.870. The highest BCUT2D eigenvalue weighted by Gasteiger charge is 2.23. The zero-order valence-corrected chi connectivity index (χ0v) is 52.3. The van der Waals surface area contributed by atoms with Crippen LogP contribution in [-0.2, 0) is 18.4 Å². The number of rotatable bonds is 60. The van der Waals surface area contributed by atoms with Gasteiger partial charge in [0.1, 0.15) is 13.2 Å². The molecule has 0 bridgehead atoms. The number of nitrogens with zero attached hydrogens (tertiary/aromatic N) is 1. The van der Waals surface area contributed by atoms with Crippen molar-refractivity contribution in [3.05, 3.63) is 72.9 Å². The predicted octanol–water partition coefficient (Wildman–Crippen LogP) is 20.0. The van der Waals surface area contributed by atoms with Gasteiger partial charge in [0.05, 0.1) is 39.9 Å². The van der Waals surface area contributed by atoms with Gasteiger partial charge in [-0.1, -0.05) is 286 Å². The molecule has 77 heavy (non-hydrogen) atoms. The number of carbonyl (C=O) groups is 1. The van der Waals surface area contributed by atoms with Crippen molar-refractivity contribution in [2.24, 2.45) is 0 Å². The van der Waals surface area contributed by atoms with Crippen molar-refractivity contribution in [2.45, 2.75) is 315 Å². The van der Waals surface area contributed by atoms with E-state index in [1.54, 1.807) is 6.08 Å². The summed E-state index contributed by atoms with van der Waals surface area (Å²) < 4.78 is 23.4. The number of nitrogens with one attached hydrogen (secondary N) is 1. The molecule has 0 aromatic heterocycles. The van der Waals surface area contributed by atoms with Crippen LogP contribution in [0.2, 0.25) is 0 Å². The number of hydrogen-bond donors (Lipinski definition) is 2. The maximum atomic E-state index is 13.0. The summed E-state index contributed by atoms with van der Waals surface area (Å²) in [5.74, 6) is -0.208. The maximum absolute atomic E-state index is 13.0. The lowest BCUT2D eigenvalue weighted by atomic mass is 10.0. The fraction of sp³-hybridized carbons (Fsp3) is 0.809. The number of allylic oxidation sites excluding steroid dienone is 11. The molecule has 0 rings (SSSR count). The highest BCUT2D eigenvalue weighted by Crippen LogP contribution is 2.38. The summed E-state index contributed by atoms with van der Waals surface area (Å²) in [6, 6.07) is -0.911. The Labute approximate surface area is 478 Å². The fourth-order valence-electron chi connectivity index (χ4n) is 9.49. The normalized spacial score (nSPS) is 14.2. The van der Waals surface area contributed by atoms with Gasteiger partial charge in [-0.3, -0.25) is 9.36 Å². The molecule has 0 saturated heterocycles. The molecular weight excluding hydrogens is 972 g/mol. The molecule has 0 aromatic rings. The number of hydrogen-bond acceptors (Lipinski definition) is 6. The van der Waals surface area contributed by atoms with Gasteiger partial charge < -0.3 is 28.8 Å². The Balaban J connectivity index is 4.02. The minimum absolute atomic E-state index is 0.00958. The van der Waals surface area contributed by atoms with Crippen molar-refractivity contribution in [3.63, 3.8) is 0 Å². The maximum Gasteiger partial charge on any atom is 0.268 e. The highest BCUT2D eigenvalue weighted by atomic mass is 31.2. The number of unbranched alkanes of at least 4 members (excludes halogenated alkanes) is 37. The average molecular weight is 1100 g/mol. The van der Waals surface area contributed by atoms with Gasteiger partial charge in [-0.2, -0.15) is 0 Å². The second-order valence-corrected chi connectivity index (χ2v) is 24.9. The van der Waals surface area contributed by atoms with Crippen molar-refractivity contribution in [3.8, 4) is 0 Å². The van der Waals surface area contributed by atoms with Crippen molar-refractivity contribution >= 4 is 13.7 Å². The third-order valence-corrected chi connectivity index (χ3v) is 15.6. The van der Waals surface area contributed by atoms with Gasteiger partial charge in [0, 0.05) is 6.42 Å². The number of phosphoric acid groups is 1. The Bertz CT molecular complexity index is 1480. The summed E-state index contributed by atoms with van der Waals surface area (Å²) in [4.78, 5) is 25.5. The van der Waals surface area contributed by atoms with Gasteiger partial charge in [-0.05, 0) is 83.5 Å². The number of aliphatic hydroxyl groups is 1. The second kappa shape index (κ2) is 58.6. The molecule has 0 aliphatic rings. The number of aliphatic hydroxyl groups excluding tert-OH is 1. The van der Waals surface area contributed by atoms with E-state index in [9.17, 15) is 19.4 Å². The van der Waals surface area contributed by atoms with Gasteiger partial charge in [0.25, 0.3) is 7.82 Å². The van der Waals surface area contributed by atoms with E-state index in [0.29, 0.717) is 17.4 Å². The first-order chi connectivity index (χ1) is 37.5. The zero-order valence-electron chi connectivity index (χ0n) is 51.4. The minimum Gasteiger partial charge on any atom is -0.756 e. The molecule has 3 atom stereocenters. The Kier molecular flexibility index (Phi) is 57.0. The van der Waals surface area contributed by atoms with Crippen LogP contribution < -0.4 is 10.2 Å². The lowest BCUT2D eigenvalue weighted by Gasteiger charge is -2.29. The standard InChI is InChI=1S/C68H127N2O6P/c1-6-8-10-12-14-16-18-20-22-24-26-27-28-29-30-31-32-33-34-35-36-37-38-39-40-41-42-43-44-46-48-50-52-54-56-58-60-62-68(72)69-66(65-76-77(73,74)75-64-63-70(3,4)5)67(71)61-59-57-55-53-51-49-47-45-25-23-21-19-17-15-13-11-9-7-2/h18,20,24-26,28-29,45,51,53,59,61,66-67,71H,6-17,19,21-23,27,30-44,46-50,52,54-58,60,62-65H2,1-5H3,(H-,69,72,73,74)/b20-18-,26-24-,29-28-,45-25+,53-51+,61-59+. The van der Waals surface area contributed by atoms with E-state index in [0.717, 1.165) is 57.8 Å². The van der Waals surface area contributed by atoms with Crippen LogP contribution in [0.15, 0.2) is 72.9 Å². The molecule has 0 spiro atoms. The molecule has 0 aliphatic heterocycles. The number of carbonyl (C=O) groups excluding carboxylic acids is 1. The van der Waals surface area contributed by atoms with Crippen LogP contribution in [0.4, 0.5) is 0 Å². The topological polar surface area (TPSA) is 108 Å². The Morgan fingerprint density at radius 1 is 0.455 bits per heavy atom. The number of quaternary nitrogens is 1. The first kappa shape index (κ1) is 74.9. The van der Waals surface area contributed by atoms with E-state index in [1.807, 2.05) is 27.2 Å². The summed E-state index contributed by atoms with van der Waals surface area (Å²) >= 11 is 0.